The Balaban J connectivity index is -0.000000200. The molecule has 0 saturated heterocycles. The number of nitrogens with zero attached hydrogens (tertiary/aromatic N) is 2. The van der Waals surface area contributed by atoms with Crippen molar-refractivity contribution in [1.82, 2.24) is 0 Å². The van der Waals surface area contributed by atoms with Gasteiger partial charge in [0.25, 0.3) is 0 Å². The van der Waals surface area contributed by atoms with Crippen LogP contribution in [0.25, 0.3) is 0 Å². The van der Waals surface area contributed by atoms with E-state index in [0.717, 1.165) is 6.42 Å². The second-order valence-electron chi connectivity index (χ2n) is 3.73. The highest BCUT2D eigenvalue weighted by Gasteiger charge is 2.18. The van der Waals surface area contributed by atoms with Crippen molar-refractivity contribution in [3.63, 3.8) is 0 Å². The van der Waals surface area contributed by atoms with Crippen LogP contribution in [0.5, 0.6) is 0 Å². The van der Waals surface area contributed by atoms with Gasteiger partial charge in [0, 0.05) is 0 Å². The summed E-state index contributed by atoms with van der Waals surface area (Å²) >= 11 is 3.18. The average molecular weight is 260 g/mol. The van der Waals surface area contributed by atoms with Gasteiger partial charge in [-0.25, -0.2) is 0 Å². The molecule has 1 unspecified atom stereocenters. The maximum absolute atomic E-state index is 8.51. The number of nitriles is 2. The first-order chi connectivity index (χ1) is 6.80. The van der Waals surface area contributed by atoms with Crippen molar-refractivity contribution in [3.05, 3.63) is 0 Å². The topological polar surface area (TPSA) is 47.6 Å². The Kier molecular flexibility index (Phi) is 13.0. The molecule has 0 aromatic heterocycles. The molecular weight excluding hydrogens is 236 g/mol. The highest BCUT2D eigenvalue weighted by atomic mass is 32.2. The van der Waals surface area contributed by atoms with Crippen LogP contribution in [0.3, 0.4) is 0 Å². The van der Waals surface area contributed by atoms with Crippen LogP contribution in [0, 0.1) is 22.7 Å². The zero-order valence-electron chi connectivity index (χ0n) is 10.4. The molecule has 0 saturated carbocycles. The van der Waals surface area contributed by atoms with E-state index in [1.807, 2.05) is 40.2 Å². The Morgan fingerprint density at radius 3 is 1.44 bits per heavy atom. The average Bonchev–Trinajstić information content (AvgIpc) is 2.29. The van der Waals surface area contributed by atoms with Gasteiger partial charge in [0.15, 0.2) is 0 Å². The molecule has 16 heavy (non-hydrogen) atoms. The van der Waals surface area contributed by atoms with Gasteiger partial charge in [-0.1, -0.05) is 14.4 Å². The highest BCUT2D eigenvalue weighted by molar-refractivity contribution is 8.00. The normalized spacial score (nSPS) is 13.0. The lowest BCUT2D eigenvalue weighted by Crippen LogP contribution is -2.13. The molecule has 0 rings (SSSR count). The molecule has 0 bridgehead atoms. The van der Waals surface area contributed by atoms with Gasteiger partial charge in [-0.05, 0) is 39.7 Å². The number of rotatable bonds is 3. The summed E-state index contributed by atoms with van der Waals surface area (Å²) in [6.45, 7) is 7.78. The fraction of sp³-hybridized carbons (Fsp3) is 0.833. The Morgan fingerprint density at radius 1 is 1.00 bits per heavy atom. The molecular formula is C12H24N2S2. The molecule has 0 N–H and O–H groups in total. The zero-order valence-corrected chi connectivity index (χ0v) is 12.1. The molecule has 1 atom stereocenters. The SMILES string of the molecule is C.CCC(C)(C#N)SC.CSC(C)(C)C#N. The maximum atomic E-state index is 8.51. The van der Waals surface area contributed by atoms with Crippen LogP contribution >= 0.6 is 23.5 Å². The zero-order chi connectivity index (χ0) is 12.5. The van der Waals surface area contributed by atoms with Gasteiger partial charge in [0.05, 0.1) is 21.6 Å². The quantitative estimate of drug-likeness (QED) is 0.758. The molecule has 0 radical (unpaired) electrons. The first kappa shape index (κ1) is 21.0. The van der Waals surface area contributed by atoms with Gasteiger partial charge in [-0.15, -0.1) is 23.5 Å². The van der Waals surface area contributed by atoms with Gasteiger partial charge in [0.1, 0.15) is 0 Å². The summed E-state index contributed by atoms with van der Waals surface area (Å²) in [4.78, 5) is 0. The Bertz CT molecular complexity index is 245. The second-order valence-corrected chi connectivity index (χ2v) is 6.46. The summed E-state index contributed by atoms with van der Waals surface area (Å²) in [5, 5.41) is 16.8. The maximum Gasteiger partial charge on any atom is 0.0990 e. The van der Waals surface area contributed by atoms with Gasteiger partial charge in [0.2, 0.25) is 0 Å². The molecule has 94 valence electrons. The first-order valence-electron chi connectivity index (χ1n) is 4.73. The van der Waals surface area contributed by atoms with Gasteiger partial charge in [-0.2, -0.15) is 10.5 Å². The van der Waals surface area contributed by atoms with E-state index in [1.54, 1.807) is 23.5 Å². The molecule has 0 amide bonds. The van der Waals surface area contributed by atoms with E-state index in [0.29, 0.717) is 0 Å². The van der Waals surface area contributed by atoms with E-state index in [1.165, 1.54) is 0 Å². The Hall–Kier alpha value is -0.320. The minimum atomic E-state index is -0.194. The second kappa shape index (κ2) is 9.87. The van der Waals surface area contributed by atoms with Crippen molar-refractivity contribution in [2.75, 3.05) is 12.5 Å². The first-order valence-corrected chi connectivity index (χ1v) is 7.18. The van der Waals surface area contributed by atoms with E-state index in [2.05, 4.69) is 12.1 Å². The summed E-state index contributed by atoms with van der Waals surface area (Å²) in [6.07, 6.45) is 4.82. The lowest BCUT2D eigenvalue weighted by molar-refractivity contribution is 0.771. The van der Waals surface area contributed by atoms with Gasteiger partial charge >= 0.3 is 0 Å². The monoisotopic (exact) mass is 260 g/mol. The largest absolute Gasteiger partial charge is 0.197 e. The van der Waals surface area contributed by atoms with E-state index >= 15 is 0 Å². The lowest BCUT2D eigenvalue weighted by Gasteiger charge is -2.14. The van der Waals surface area contributed by atoms with Crippen molar-refractivity contribution < 1.29 is 0 Å². The molecule has 0 spiro atoms. The summed E-state index contributed by atoms with van der Waals surface area (Å²) in [5.41, 5.74) is 0. The number of thioether (sulfide) groups is 2. The Morgan fingerprint density at radius 2 is 1.44 bits per heavy atom. The predicted molar refractivity (Wildman–Crippen MR) is 77.8 cm³/mol. The van der Waals surface area contributed by atoms with Gasteiger partial charge in [-0.3, -0.25) is 0 Å². The van der Waals surface area contributed by atoms with Crippen molar-refractivity contribution in [2.45, 2.75) is 51.0 Å². The summed E-state index contributed by atoms with van der Waals surface area (Å²) in [5.74, 6) is 0. The third-order valence-corrected chi connectivity index (χ3v) is 4.53. The standard InChI is InChI=1S/C6H11NS.C5H9NS.CH4/c1-4-6(2,5-7)8-3;1-5(2,4-6)7-3;/h4H2,1-3H3;1-3H3;1H4. The van der Waals surface area contributed by atoms with Crippen LogP contribution < -0.4 is 0 Å². The third-order valence-electron chi connectivity index (χ3n) is 2.14. The van der Waals surface area contributed by atoms with Crippen LogP contribution in [0.15, 0.2) is 0 Å². The van der Waals surface area contributed by atoms with Crippen LogP contribution in [-0.2, 0) is 0 Å². The molecule has 0 aromatic carbocycles. The van der Waals surface area contributed by atoms with E-state index in [9.17, 15) is 0 Å². The molecule has 2 nitrogen and oxygen atoms in total. The van der Waals surface area contributed by atoms with E-state index < -0.39 is 0 Å². The molecule has 0 aliphatic rings. The highest BCUT2D eigenvalue weighted by Crippen LogP contribution is 2.23. The smallest absolute Gasteiger partial charge is 0.0990 e. The fourth-order valence-electron chi connectivity index (χ4n) is 0.315. The molecule has 0 aliphatic heterocycles. The molecule has 4 heteroatoms. The third kappa shape index (κ3) is 10.2. The predicted octanol–water partition coefficient (Wildman–Crippen LogP) is 4.33. The molecule has 0 aromatic rings. The number of hydrogen-bond donors (Lipinski definition) is 0. The lowest BCUT2D eigenvalue weighted by atomic mass is 10.1. The van der Waals surface area contributed by atoms with Crippen molar-refractivity contribution in [3.8, 4) is 12.1 Å². The van der Waals surface area contributed by atoms with Crippen molar-refractivity contribution in [1.29, 1.82) is 10.5 Å². The molecule has 0 fully saturated rings. The summed E-state index contributed by atoms with van der Waals surface area (Å²) in [7, 11) is 0. The van der Waals surface area contributed by atoms with Crippen molar-refractivity contribution in [2.24, 2.45) is 0 Å². The fourth-order valence-corrected chi connectivity index (χ4v) is 0.786. The van der Waals surface area contributed by atoms with E-state index in [-0.39, 0.29) is 16.9 Å². The Labute approximate surface area is 110 Å². The minimum absolute atomic E-state index is 0. The van der Waals surface area contributed by atoms with Crippen molar-refractivity contribution >= 4 is 23.5 Å². The molecule has 0 heterocycles. The molecule has 0 aliphatic carbocycles. The summed E-state index contributed by atoms with van der Waals surface area (Å²) < 4.78 is -0.347. The summed E-state index contributed by atoms with van der Waals surface area (Å²) in [6, 6.07) is 4.39. The van der Waals surface area contributed by atoms with E-state index in [4.69, 9.17) is 10.5 Å². The van der Waals surface area contributed by atoms with Crippen LogP contribution in [-0.4, -0.2) is 22.0 Å². The van der Waals surface area contributed by atoms with Crippen LogP contribution in [0.4, 0.5) is 0 Å². The van der Waals surface area contributed by atoms with Gasteiger partial charge < -0.3 is 0 Å². The van der Waals surface area contributed by atoms with Crippen LogP contribution in [0.1, 0.15) is 41.5 Å². The number of hydrogen-bond acceptors (Lipinski definition) is 4. The van der Waals surface area contributed by atoms with Crippen LogP contribution in [0.2, 0.25) is 0 Å². The minimum Gasteiger partial charge on any atom is -0.197 e.